The van der Waals surface area contributed by atoms with Crippen molar-refractivity contribution in [2.45, 2.75) is 0 Å². The fourth-order valence-corrected chi connectivity index (χ4v) is 1.58. The van der Waals surface area contributed by atoms with Crippen LogP contribution in [0.25, 0.3) is 5.82 Å². The Kier molecular flexibility index (Phi) is 3.55. The van der Waals surface area contributed by atoms with E-state index in [0.717, 1.165) is 4.68 Å². The minimum Gasteiger partial charge on any atom is -0.367 e. The lowest BCUT2D eigenvalue weighted by Crippen LogP contribution is -2.18. The molecule has 2 rings (SSSR count). The molecular weight excluding hydrogens is 266 g/mol. The average molecular weight is 277 g/mol. The summed E-state index contributed by atoms with van der Waals surface area (Å²) in [6.45, 7) is 0. The molecule has 0 fully saturated rings. The summed E-state index contributed by atoms with van der Waals surface area (Å²) >= 11 is 0. The number of nitro groups is 1. The highest BCUT2D eigenvalue weighted by molar-refractivity contribution is 5.91. The third-order valence-electron chi connectivity index (χ3n) is 2.49. The highest BCUT2D eigenvalue weighted by Gasteiger charge is 2.24. The molecule has 0 aliphatic heterocycles. The Bertz CT molecular complexity index is 667. The number of nitrogens with one attached hydrogen (secondary N) is 2. The molecule has 0 unspecified atom stereocenters. The summed E-state index contributed by atoms with van der Waals surface area (Å²) in [7, 11) is 2.98. The first-order valence-electron chi connectivity index (χ1n) is 5.53. The Morgan fingerprint density at radius 2 is 2.15 bits per heavy atom. The molecule has 0 saturated carbocycles. The fraction of sp³-hybridized carbons (Fsp3) is 0.200. The zero-order valence-electron chi connectivity index (χ0n) is 10.7. The lowest BCUT2D eigenvalue weighted by molar-refractivity contribution is -0.384. The SMILES string of the molecule is CNC(=O)c1ccn(-c2ncnc(NC)c2[N+](=O)[O-])n1. The molecule has 10 nitrogen and oxygen atoms in total. The number of hydrogen-bond acceptors (Lipinski definition) is 7. The van der Waals surface area contributed by atoms with E-state index in [1.165, 1.54) is 32.7 Å². The monoisotopic (exact) mass is 277 g/mol. The number of amides is 1. The summed E-state index contributed by atoms with van der Waals surface area (Å²) in [5, 5.41) is 20.1. The molecule has 2 aromatic rings. The third kappa shape index (κ3) is 2.25. The van der Waals surface area contributed by atoms with Gasteiger partial charge in [-0.05, 0) is 6.07 Å². The van der Waals surface area contributed by atoms with Crippen LogP contribution >= 0.6 is 0 Å². The zero-order chi connectivity index (χ0) is 14.7. The second kappa shape index (κ2) is 5.30. The molecule has 0 aliphatic carbocycles. The molecule has 0 aromatic carbocycles. The van der Waals surface area contributed by atoms with Crippen molar-refractivity contribution in [1.82, 2.24) is 25.1 Å². The number of carbonyl (C=O) groups excluding carboxylic acids is 1. The molecular formula is C10H11N7O3. The van der Waals surface area contributed by atoms with E-state index in [9.17, 15) is 14.9 Å². The third-order valence-corrected chi connectivity index (χ3v) is 2.49. The van der Waals surface area contributed by atoms with E-state index in [1.807, 2.05) is 0 Å². The van der Waals surface area contributed by atoms with Crippen molar-refractivity contribution in [3.63, 3.8) is 0 Å². The van der Waals surface area contributed by atoms with E-state index in [4.69, 9.17) is 0 Å². The number of aromatic nitrogens is 4. The maximum atomic E-state index is 11.4. The van der Waals surface area contributed by atoms with Crippen LogP contribution in [-0.2, 0) is 0 Å². The number of anilines is 1. The Labute approximate surface area is 113 Å². The summed E-state index contributed by atoms with van der Waals surface area (Å²) < 4.78 is 1.16. The number of hydrogen-bond donors (Lipinski definition) is 2. The Morgan fingerprint density at radius 3 is 2.75 bits per heavy atom. The van der Waals surface area contributed by atoms with Gasteiger partial charge in [0.1, 0.15) is 6.33 Å². The smallest absolute Gasteiger partial charge is 0.355 e. The highest BCUT2D eigenvalue weighted by atomic mass is 16.6. The molecule has 2 aromatic heterocycles. The molecule has 2 N–H and O–H groups in total. The van der Waals surface area contributed by atoms with Crippen molar-refractivity contribution in [3.8, 4) is 5.82 Å². The zero-order valence-corrected chi connectivity index (χ0v) is 10.7. The van der Waals surface area contributed by atoms with E-state index in [0.29, 0.717) is 0 Å². The summed E-state index contributed by atoms with van der Waals surface area (Å²) in [6.07, 6.45) is 2.59. The maximum absolute atomic E-state index is 11.4. The largest absolute Gasteiger partial charge is 0.367 e. The Morgan fingerprint density at radius 1 is 1.40 bits per heavy atom. The van der Waals surface area contributed by atoms with E-state index >= 15 is 0 Å². The van der Waals surface area contributed by atoms with Gasteiger partial charge < -0.3 is 10.6 Å². The number of nitrogens with zero attached hydrogens (tertiary/aromatic N) is 5. The van der Waals surface area contributed by atoms with Crippen LogP contribution in [0.15, 0.2) is 18.6 Å². The van der Waals surface area contributed by atoms with Crippen molar-refractivity contribution < 1.29 is 9.72 Å². The molecule has 0 atom stereocenters. The number of carbonyl (C=O) groups is 1. The molecule has 0 radical (unpaired) electrons. The highest BCUT2D eigenvalue weighted by Crippen LogP contribution is 2.26. The van der Waals surface area contributed by atoms with Crippen molar-refractivity contribution >= 4 is 17.4 Å². The van der Waals surface area contributed by atoms with Crippen LogP contribution in [0, 0.1) is 10.1 Å². The van der Waals surface area contributed by atoms with Gasteiger partial charge in [0.25, 0.3) is 5.91 Å². The lowest BCUT2D eigenvalue weighted by Gasteiger charge is -2.05. The Balaban J connectivity index is 2.55. The maximum Gasteiger partial charge on any atom is 0.355 e. The van der Waals surface area contributed by atoms with Crippen LogP contribution in [0.4, 0.5) is 11.5 Å². The van der Waals surface area contributed by atoms with E-state index in [2.05, 4.69) is 25.7 Å². The van der Waals surface area contributed by atoms with Gasteiger partial charge in [0.05, 0.1) is 4.92 Å². The van der Waals surface area contributed by atoms with Crippen LogP contribution in [0.5, 0.6) is 0 Å². The van der Waals surface area contributed by atoms with Crippen LogP contribution in [0.3, 0.4) is 0 Å². The van der Waals surface area contributed by atoms with Crippen LogP contribution < -0.4 is 10.6 Å². The quantitative estimate of drug-likeness (QED) is 0.593. The first-order chi connectivity index (χ1) is 9.58. The Hall–Kier alpha value is -3.04. The summed E-state index contributed by atoms with van der Waals surface area (Å²) in [5.74, 6) is -0.351. The number of rotatable bonds is 4. The van der Waals surface area contributed by atoms with E-state index < -0.39 is 10.8 Å². The second-order valence-corrected chi connectivity index (χ2v) is 3.63. The average Bonchev–Trinajstić information content (AvgIpc) is 2.95. The summed E-state index contributed by atoms with van der Waals surface area (Å²) in [5.41, 5.74) is -0.187. The first-order valence-corrected chi connectivity index (χ1v) is 5.53. The molecule has 0 spiro atoms. The minimum atomic E-state index is -0.609. The lowest BCUT2D eigenvalue weighted by atomic mass is 10.4. The first kappa shape index (κ1) is 13.4. The normalized spacial score (nSPS) is 10.1. The van der Waals surface area contributed by atoms with Gasteiger partial charge in [-0.2, -0.15) is 5.10 Å². The van der Waals surface area contributed by atoms with Crippen molar-refractivity contribution in [2.24, 2.45) is 0 Å². The molecule has 104 valence electrons. The minimum absolute atomic E-state index is 0.0236. The van der Waals surface area contributed by atoms with Gasteiger partial charge in [-0.25, -0.2) is 14.6 Å². The van der Waals surface area contributed by atoms with Gasteiger partial charge in [-0.3, -0.25) is 14.9 Å². The topological polar surface area (TPSA) is 128 Å². The van der Waals surface area contributed by atoms with Crippen LogP contribution in [0.2, 0.25) is 0 Å². The van der Waals surface area contributed by atoms with Gasteiger partial charge in [0, 0.05) is 20.3 Å². The van der Waals surface area contributed by atoms with E-state index in [-0.39, 0.29) is 23.0 Å². The van der Waals surface area contributed by atoms with Crippen molar-refractivity contribution in [2.75, 3.05) is 19.4 Å². The molecule has 0 saturated heterocycles. The van der Waals surface area contributed by atoms with Gasteiger partial charge in [0.15, 0.2) is 5.69 Å². The molecule has 1 amide bonds. The fourth-order valence-electron chi connectivity index (χ4n) is 1.58. The predicted molar refractivity (Wildman–Crippen MR) is 68.7 cm³/mol. The second-order valence-electron chi connectivity index (χ2n) is 3.63. The molecule has 0 bridgehead atoms. The van der Waals surface area contributed by atoms with Gasteiger partial charge in [-0.1, -0.05) is 0 Å². The van der Waals surface area contributed by atoms with Crippen LogP contribution in [-0.4, -0.2) is 44.7 Å². The summed E-state index contributed by atoms with van der Waals surface area (Å²) in [6, 6.07) is 1.43. The van der Waals surface area contributed by atoms with Gasteiger partial charge >= 0.3 is 5.69 Å². The van der Waals surface area contributed by atoms with Gasteiger partial charge in [0.2, 0.25) is 11.6 Å². The van der Waals surface area contributed by atoms with Crippen molar-refractivity contribution in [1.29, 1.82) is 0 Å². The summed E-state index contributed by atoms with van der Waals surface area (Å²) in [4.78, 5) is 29.6. The standard InChI is InChI=1S/C10H11N7O3/c1-11-8-7(17(19)20)9(14-5-13-8)16-4-3-6(15-16)10(18)12-2/h3-5H,1-2H3,(H,12,18)(H,11,13,14). The van der Waals surface area contributed by atoms with Crippen molar-refractivity contribution in [3.05, 3.63) is 34.4 Å². The van der Waals surface area contributed by atoms with Crippen LogP contribution in [0.1, 0.15) is 10.5 Å². The predicted octanol–water partition coefficient (Wildman–Crippen LogP) is -0.0282. The molecule has 2 heterocycles. The molecule has 20 heavy (non-hydrogen) atoms. The van der Waals surface area contributed by atoms with Gasteiger partial charge in [-0.15, -0.1) is 0 Å². The molecule has 10 heteroatoms. The van der Waals surface area contributed by atoms with E-state index in [1.54, 1.807) is 0 Å². The molecule has 0 aliphatic rings.